The first-order chi connectivity index (χ1) is 9.20. The fourth-order valence-electron chi connectivity index (χ4n) is 1.71. The largest absolute Gasteiger partial charge is 0.383 e. The summed E-state index contributed by atoms with van der Waals surface area (Å²) in [6.07, 6.45) is 0.713. The van der Waals surface area contributed by atoms with E-state index >= 15 is 0 Å². The molecule has 3 N–H and O–H groups in total. The summed E-state index contributed by atoms with van der Waals surface area (Å²) >= 11 is 1.65. The van der Waals surface area contributed by atoms with Crippen LogP contribution in [0.4, 0.5) is 0 Å². The number of nitrogens with zero attached hydrogens (tertiary/aromatic N) is 1. The fraction of sp³-hybridized carbons (Fsp3) is 0.385. The molecule has 0 aliphatic heterocycles. The van der Waals surface area contributed by atoms with Gasteiger partial charge in [0.2, 0.25) is 5.91 Å². The van der Waals surface area contributed by atoms with Crippen molar-refractivity contribution in [2.75, 3.05) is 20.3 Å². The lowest BCUT2D eigenvalue weighted by Crippen LogP contribution is -2.44. The molecular weight excluding hydrogens is 298 g/mol. The summed E-state index contributed by atoms with van der Waals surface area (Å²) in [5.41, 5.74) is 6.62. The predicted octanol–water partition coefficient (Wildman–Crippen LogP) is 1.35. The highest BCUT2D eigenvalue weighted by Crippen LogP contribution is 2.21. The van der Waals surface area contributed by atoms with Crippen LogP contribution in [0.15, 0.2) is 24.3 Å². The Morgan fingerprint density at radius 3 is 2.95 bits per heavy atom. The number of methoxy groups -OCH3 is 1. The maximum atomic E-state index is 11.6. The van der Waals surface area contributed by atoms with Crippen molar-refractivity contribution in [1.29, 1.82) is 0 Å². The molecule has 1 aromatic carbocycles. The van der Waals surface area contributed by atoms with Crippen LogP contribution < -0.4 is 11.1 Å². The van der Waals surface area contributed by atoms with Gasteiger partial charge in [0.15, 0.2) is 0 Å². The quantitative estimate of drug-likeness (QED) is 0.843. The van der Waals surface area contributed by atoms with E-state index in [1.165, 1.54) is 11.8 Å². The van der Waals surface area contributed by atoms with Crippen molar-refractivity contribution in [1.82, 2.24) is 10.3 Å². The third-order valence-corrected chi connectivity index (χ3v) is 3.76. The van der Waals surface area contributed by atoms with Gasteiger partial charge in [-0.15, -0.1) is 23.7 Å². The van der Waals surface area contributed by atoms with Gasteiger partial charge in [-0.25, -0.2) is 4.98 Å². The van der Waals surface area contributed by atoms with Crippen molar-refractivity contribution in [3.63, 3.8) is 0 Å². The minimum absolute atomic E-state index is 0. The lowest BCUT2D eigenvalue weighted by Gasteiger charge is -2.10. The van der Waals surface area contributed by atoms with E-state index in [0.717, 1.165) is 10.5 Å². The van der Waals surface area contributed by atoms with E-state index in [9.17, 15) is 4.79 Å². The molecule has 2 rings (SSSR count). The van der Waals surface area contributed by atoms with Gasteiger partial charge >= 0.3 is 0 Å². The molecule has 0 saturated carbocycles. The minimum Gasteiger partial charge on any atom is -0.383 e. The van der Waals surface area contributed by atoms with Crippen molar-refractivity contribution in [2.24, 2.45) is 5.73 Å². The van der Waals surface area contributed by atoms with Crippen LogP contribution in [0.3, 0.4) is 0 Å². The second-order valence-electron chi connectivity index (χ2n) is 4.18. The highest BCUT2D eigenvalue weighted by Gasteiger charge is 2.12. The number of nitrogens with two attached hydrogens (primary N) is 1. The Morgan fingerprint density at radius 1 is 1.50 bits per heavy atom. The number of nitrogens with one attached hydrogen (secondary N) is 1. The third kappa shape index (κ3) is 4.42. The van der Waals surface area contributed by atoms with Gasteiger partial charge in [-0.2, -0.15) is 0 Å². The summed E-state index contributed by atoms with van der Waals surface area (Å²) < 4.78 is 6.00. The number of halogens is 1. The number of carbonyl (C=O) groups excluding carboxylic acids is 1. The zero-order chi connectivity index (χ0) is 13.7. The first-order valence-electron chi connectivity index (χ1n) is 6.07. The number of fused-ring (bicyclic) bond motifs is 1. The van der Waals surface area contributed by atoms with Crippen LogP contribution in [0.25, 0.3) is 10.2 Å². The van der Waals surface area contributed by atoms with E-state index in [-0.39, 0.29) is 24.9 Å². The molecule has 1 unspecified atom stereocenters. The maximum Gasteiger partial charge on any atom is 0.239 e. The number of carbonyl (C=O) groups is 1. The number of hydrogen-bond acceptors (Lipinski definition) is 5. The average Bonchev–Trinajstić information content (AvgIpc) is 2.81. The number of aromatic nitrogens is 1. The molecule has 0 aliphatic rings. The van der Waals surface area contributed by atoms with Crippen LogP contribution in [-0.4, -0.2) is 37.2 Å². The number of benzene rings is 1. The van der Waals surface area contributed by atoms with E-state index in [1.54, 1.807) is 11.3 Å². The first-order valence-corrected chi connectivity index (χ1v) is 6.89. The molecule has 2 aromatic rings. The molecule has 0 saturated heterocycles. The molecule has 0 bridgehead atoms. The monoisotopic (exact) mass is 315 g/mol. The van der Waals surface area contributed by atoms with E-state index in [2.05, 4.69) is 10.3 Å². The van der Waals surface area contributed by atoms with Crippen LogP contribution in [0.2, 0.25) is 0 Å². The SMILES string of the molecule is COCC(N)C(=O)NCCc1nc2ccccc2s1.Cl. The molecule has 1 amide bonds. The van der Waals surface area contributed by atoms with Crippen LogP contribution in [0, 0.1) is 0 Å². The molecule has 5 nitrogen and oxygen atoms in total. The number of ether oxygens (including phenoxy) is 1. The Morgan fingerprint density at radius 2 is 2.25 bits per heavy atom. The van der Waals surface area contributed by atoms with Gasteiger partial charge in [-0.1, -0.05) is 12.1 Å². The Balaban J connectivity index is 0.00000200. The highest BCUT2D eigenvalue weighted by atomic mass is 35.5. The van der Waals surface area contributed by atoms with E-state index < -0.39 is 6.04 Å². The molecule has 20 heavy (non-hydrogen) atoms. The smallest absolute Gasteiger partial charge is 0.239 e. The normalized spacial score (nSPS) is 11.9. The zero-order valence-electron chi connectivity index (χ0n) is 11.2. The molecule has 1 heterocycles. The van der Waals surface area contributed by atoms with E-state index in [1.807, 2.05) is 24.3 Å². The molecule has 110 valence electrons. The van der Waals surface area contributed by atoms with Crippen LogP contribution in [-0.2, 0) is 16.0 Å². The summed E-state index contributed by atoms with van der Waals surface area (Å²) in [5, 5.41) is 3.80. The Hall–Kier alpha value is -1.21. The van der Waals surface area contributed by atoms with Gasteiger partial charge in [-0.05, 0) is 12.1 Å². The van der Waals surface area contributed by atoms with Crippen molar-refractivity contribution in [3.8, 4) is 0 Å². The molecule has 0 fully saturated rings. The lowest BCUT2D eigenvalue weighted by molar-refractivity contribution is -0.123. The van der Waals surface area contributed by atoms with Crippen molar-refractivity contribution < 1.29 is 9.53 Å². The second-order valence-corrected chi connectivity index (χ2v) is 5.29. The van der Waals surface area contributed by atoms with E-state index in [4.69, 9.17) is 10.5 Å². The predicted molar refractivity (Wildman–Crippen MR) is 83.4 cm³/mol. The summed E-state index contributed by atoms with van der Waals surface area (Å²) in [6, 6.07) is 7.39. The number of thiazole rings is 1. The second kappa shape index (κ2) is 8.16. The van der Waals surface area contributed by atoms with Gasteiger partial charge in [0.05, 0.1) is 21.8 Å². The molecule has 0 spiro atoms. The number of para-hydroxylation sites is 1. The van der Waals surface area contributed by atoms with Gasteiger partial charge in [-0.3, -0.25) is 4.79 Å². The zero-order valence-corrected chi connectivity index (χ0v) is 12.8. The fourth-order valence-corrected chi connectivity index (χ4v) is 2.67. The Labute approximate surface area is 127 Å². The van der Waals surface area contributed by atoms with Crippen LogP contribution >= 0.6 is 23.7 Å². The molecule has 1 aromatic heterocycles. The van der Waals surface area contributed by atoms with Crippen molar-refractivity contribution in [2.45, 2.75) is 12.5 Å². The molecular formula is C13H18ClN3O2S. The Kier molecular flexibility index (Phi) is 6.87. The summed E-state index contributed by atoms with van der Waals surface area (Å²) in [7, 11) is 1.52. The van der Waals surface area contributed by atoms with E-state index in [0.29, 0.717) is 13.0 Å². The summed E-state index contributed by atoms with van der Waals surface area (Å²) in [4.78, 5) is 16.1. The van der Waals surface area contributed by atoms with Gasteiger partial charge in [0.25, 0.3) is 0 Å². The number of amides is 1. The van der Waals surface area contributed by atoms with Crippen molar-refractivity contribution in [3.05, 3.63) is 29.3 Å². The number of hydrogen-bond donors (Lipinski definition) is 2. The standard InChI is InChI=1S/C13H17N3O2S.ClH/c1-18-8-9(14)13(17)15-7-6-12-16-10-4-2-3-5-11(10)19-12;/h2-5,9H,6-8,14H2,1H3,(H,15,17);1H. The van der Waals surface area contributed by atoms with Crippen LogP contribution in [0.1, 0.15) is 5.01 Å². The first kappa shape index (κ1) is 16.8. The van der Waals surface area contributed by atoms with Gasteiger partial charge < -0.3 is 15.8 Å². The molecule has 0 aliphatic carbocycles. The van der Waals surface area contributed by atoms with Gasteiger partial charge in [0.1, 0.15) is 6.04 Å². The van der Waals surface area contributed by atoms with Gasteiger partial charge in [0, 0.05) is 20.1 Å². The molecule has 1 atom stereocenters. The minimum atomic E-state index is -0.611. The lowest BCUT2D eigenvalue weighted by atomic mass is 10.3. The topological polar surface area (TPSA) is 77.2 Å². The summed E-state index contributed by atoms with van der Waals surface area (Å²) in [5.74, 6) is -0.192. The molecule has 7 heteroatoms. The van der Waals surface area contributed by atoms with Crippen molar-refractivity contribution >= 4 is 39.9 Å². The average molecular weight is 316 g/mol. The number of rotatable bonds is 6. The maximum absolute atomic E-state index is 11.6. The molecule has 0 radical (unpaired) electrons. The highest BCUT2D eigenvalue weighted by molar-refractivity contribution is 7.18. The third-order valence-electron chi connectivity index (χ3n) is 2.66. The Bertz CT molecular complexity index is 528. The van der Waals surface area contributed by atoms with Crippen LogP contribution in [0.5, 0.6) is 0 Å². The summed E-state index contributed by atoms with van der Waals surface area (Å²) in [6.45, 7) is 0.767.